The summed E-state index contributed by atoms with van der Waals surface area (Å²) in [5.41, 5.74) is 2.42. The van der Waals surface area contributed by atoms with E-state index in [1.165, 1.54) is 32.1 Å². The smallest absolute Gasteiger partial charge is 0.251 e. The third-order valence-electron chi connectivity index (χ3n) is 7.43. The standard InChI is InChI=1S/C29H35N5O2S/c1-33-27(31-32-29(33)37-20-22-12-6-3-7-13-22)25(18-21-10-4-2-5-11-21)30-28(36)23-14-8-15-24(19-23)34-17-9-16-26(34)35/h2,4-5,8,10-11,14-15,19,22,25H,3,6-7,9,12-13,16-18,20H2,1H3,(H,30,36)/t25-/m0/s1. The lowest BCUT2D eigenvalue weighted by Crippen LogP contribution is -2.32. The molecule has 2 aromatic carbocycles. The van der Waals surface area contributed by atoms with Crippen molar-refractivity contribution in [2.75, 3.05) is 17.2 Å². The lowest BCUT2D eigenvalue weighted by molar-refractivity contribution is -0.117. The predicted molar refractivity (Wildman–Crippen MR) is 147 cm³/mol. The van der Waals surface area contributed by atoms with Gasteiger partial charge in [-0.1, -0.05) is 67.4 Å². The summed E-state index contributed by atoms with van der Waals surface area (Å²) in [6.45, 7) is 0.695. The van der Waals surface area contributed by atoms with Crippen molar-refractivity contribution in [3.63, 3.8) is 0 Å². The quantitative estimate of drug-likeness (QED) is 0.388. The number of amides is 2. The Labute approximate surface area is 223 Å². The van der Waals surface area contributed by atoms with Crippen LogP contribution in [0.5, 0.6) is 0 Å². The second kappa shape index (κ2) is 11.9. The van der Waals surface area contributed by atoms with Gasteiger partial charge in [0.1, 0.15) is 0 Å². The minimum Gasteiger partial charge on any atom is -0.342 e. The summed E-state index contributed by atoms with van der Waals surface area (Å²) in [7, 11) is 1.99. The highest BCUT2D eigenvalue weighted by Gasteiger charge is 2.25. The van der Waals surface area contributed by atoms with Gasteiger partial charge in [0, 0.05) is 37.0 Å². The maximum Gasteiger partial charge on any atom is 0.251 e. The molecule has 0 bridgehead atoms. The van der Waals surface area contributed by atoms with Crippen LogP contribution in [-0.2, 0) is 18.3 Å². The molecule has 0 spiro atoms. The predicted octanol–water partition coefficient (Wildman–Crippen LogP) is 5.33. The second-order valence-electron chi connectivity index (χ2n) is 10.1. The molecule has 1 N–H and O–H groups in total. The minimum absolute atomic E-state index is 0.108. The lowest BCUT2D eigenvalue weighted by Gasteiger charge is -2.21. The van der Waals surface area contributed by atoms with Crippen LogP contribution in [0.25, 0.3) is 0 Å². The van der Waals surface area contributed by atoms with Gasteiger partial charge in [-0.3, -0.25) is 9.59 Å². The van der Waals surface area contributed by atoms with Crippen LogP contribution >= 0.6 is 11.8 Å². The molecule has 1 atom stereocenters. The average Bonchev–Trinajstić information content (AvgIpc) is 3.53. The van der Waals surface area contributed by atoms with Crippen LogP contribution in [0.2, 0.25) is 0 Å². The highest BCUT2D eigenvalue weighted by molar-refractivity contribution is 7.99. The van der Waals surface area contributed by atoms with Crippen LogP contribution < -0.4 is 10.2 Å². The molecular formula is C29H35N5O2S. The molecule has 194 valence electrons. The van der Waals surface area contributed by atoms with Gasteiger partial charge in [-0.2, -0.15) is 0 Å². The first kappa shape index (κ1) is 25.5. The first-order valence-corrected chi connectivity index (χ1v) is 14.3. The molecule has 2 aliphatic rings. The first-order valence-electron chi connectivity index (χ1n) is 13.4. The van der Waals surface area contributed by atoms with E-state index in [1.54, 1.807) is 28.8 Å². The molecule has 0 unspecified atom stereocenters. The normalized spacial score (nSPS) is 17.2. The number of aromatic nitrogens is 3. The van der Waals surface area contributed by atoms with Crippen molar-refractivity contribution >= 4 is 29.3 Å². The molecule has 1 saturated carbocycles. The number of nitrogens with zero attached hydrogens (tertiary/aromatic N) is 4. The summed E-state index contributed by atoms with van der Waals surface area (Å²) in [6, 6.07) is 17.1. The van der Waals surface area contributed by atoms with Crippen molar-refractivity contribution in [2.45, 2.75) is 62.6 Å². The van der Waals surface area contributed by atoms with Gasteiger partial charge in [-0.15, -0.1) is 10.2 Å². The molecule has 2 amide bonds. The summed E-state index contributed by atoms with van der Waals surface area (Å²) >= 11 is 1.77. The van der Waals surface area contributed by atoms with E-state index in [1.807, 2.05) is 41.9 Å². The fourth-order valence-electron chi connectivity index (χ4n) is 5.34. The van der Waals surface area contributed by atoms with Crippen molar-refractivity contribution < 1.29 is 9.59 Å². The average molecular weight is 518 g/mol. The molecule has 2 fully saturated rings. The molecule has 0 radical (unpaired) electrons. The van der Waals surface area contributed by atoms with Crippen LogP contribution in [0.1, 0.15) is 72.7 Å². The number of thioether (sulfide) groups is 1. The number of nitrogens with one attached hydrogen (secondary N) is 1. The van der Waals surface area contributed by atoms with Crippen LogP contribution in [0.15, 0.2) is 59.8 Å². The van der Waals surface area contributed by atoms with Crippen molar-refractivity contribution in [1.82, 2.24) is 20.1 Å². The Bertz CT molecular complexity index is 1220. The van der Waals surface area contributed by atoms with Gasteiger partial charge in [-0.25, -0.2) is 0 Å². The van der Waals surface area contributed by atoms with Gasteiger partial charge in [0.15, 0.2) is 11.0 Å². The Morgan fingerprint density at radius 3 is 2.62 bits per heavy atom. The van der Waals surface area contributed by atoms with Crippen molar-refractivity contribution in [3.05, 3.63) is 71.5 Å². The molecule has 8 heteroatoms. The monoisotopic (exact) mass is 517 g/mol. The SMILES string of the molecule is Cn1c(SCC2CCCCC2)nnc1[C@H](Cc1ccccc1)NC(=O)c1cccc(N2CCCC2=O)c1. The maximum absolute atomic E-state index is 13.4. The molecule has 37 heavy (non-hydrogen) atoms. The molecular weight excluding hydrogens is 482 g/mol. The Balaban J connectivity index is 1.34. The molecule has 2 heterocycles. The summed E-state index contributed by atoms with van der Waals surface area (Å²) in [6.07, 6.45) is 8.62. The van der Waals surface area contributed by atoms with Crippen molar-refractivity contribution in [1.29, 1.82) is 0 Å². The zero-order valence-corrected chi connectivity index (χ0v) is 22.3. The van der Waals surface area contributed by atoms with Crippen LogP contribution in [0.4, 0.5) is 5.69 Å². The van der Waals surface area contributed by atoms with E-state index in [4.69, 9.17) is 0 Å². The number of hydrogen-bond acceptors (Lipinski definition) is 5. The van der Waals surface area contributed by atoms with E-state index < -0.39 is 0 Å². The summed E-state index contributed by atoms with van der Waals surface area (Å²) < 4.78 is 2.03. The number of hydrogen-bond donors (Lipinski definition) is 1. The van der Waals surface area contributed by atoms with E-state index >= 15 is 0 Å². The van der Waals surface area contributed by atoms with E-state index in [2.05, 4.69) is 27.6 Å². The van der Waals surface area contributed by atoms with Gasteiger partial charge >= 0.3 is 0 Å². The van der Waals surface area contributed by atoms with Crippen molar-refractivity contribution in [3.8, 4) is 0 Å². The number of carbonyl (C=O) groups excluding carboxylic acids is 2. The van der Waals surface area contributed by atoms with Crippen LogP contribution in [-0.4, -0.2) is 38.9 Å². The Kier molecular flexibility index (Phi) is 8.24. The molecule has 1 saturated heterocycles. The third kappa shape index (κ3) is 6.24. The highest BCUT2D eigenvalue weighted by Crippen LogP contribution is 2.30. The minimum atomic E-state index is -0.339. The molecule has 7 nitrogen and oxygen atoms in total. The van der Waals surface area contributed by atoms with Gasteiger partial charge in [0.25, 0.3) is 5.91 Å². The zero-order valence-electron chi connectivity index (χ0n) is 21.4. The Hall–Kier alpha value is -3.13. The van der Waals surface area contributed by atoms with Gasteiger partial charge < -0.3 is 14.8 Å². The van der Waals surface area contributed by atoms with Gasteiger partial charge in [0.05, 0.1) is 6.04 Å². The fourth-order valence-corrected chi connectivity index (χ4v) is 6.44. The molecule has 3 aromatic rings. The summed E-state index contributed by atoms with van der Waals surface area (Å²) in [5.74, 6) is 2.47. The summed E-state index contributed by atoms with van der Waals surface area (Å²) in [4.78, 5) is 27.4. The largest absolute Gasteiger partial charge is 0.342 e. The zero-order chi connectivity index (χ0) is 25.6. The maximum atomic E-state index is 13.4. The molecule has 1 aliphatic carbocycles. The summed E-state index contributed by atoms with van der Waals surface area (Å²) in [5, 5.41) is 13.1. The number of benzene rings is 2. The van der Waals surface area contributed by atoms with Gasteiger partial charge in [0.2, 0.25) is 5.91 Å². The Morgan fingerprint density at radius 1 is 1.05 bits per heavy atom. The second-order valence-corrected chi connectivity index (χ2v) is 11.1. The van der Waals surface area contributed by atoms with Crippen molar-refractivity contribution in [2.24, 2.45) is 13.0 Å². The third-order valence-corrected chi connectivity index (χ3v) is 8.69. The first-order chi connectivity index (χ1) is 18.1. The Morgan fingerprint density at radius 2 is 1.86 bits per heavy atom. The number of rotatable bonds is 9. The van der Waals surface area contributed by atoms with Crippen LogP contribution in [0, 0.1) is 5.92 Å². The van der Waals surface area contributed by atoms with Crippen LogP contribution in [0.3, 0.4) is 0 Å². The van der Waals surface area contributed by atoms with E-state index in [0.29, 0.717) is 24.9 Å². The molecule has 1 aromatic heterocycles. The topological polar surface area (TPSA) is 80.1 Å². The molecule has 5 rings (SSSR count). The molecule has 1 aliphatic heterocycles. The highest BCUT2D eigenvalue weighted by atomic mass is 32.2. The van der Waals surface area contributed by atoms with Gasteiger partial charge in [-0.05, 0) is 55.4 Å². The lowest BCUT2D eigenvalue weighted by atomic mass is 9.91. The van der Waals surface area contributed by atoms with E-state index in [0.717, 1.165) is 40.3 Å². The van der Waals surface area contributed by atoms with E-state index in [-0.39, 0.29) is 17.9 Å². The fraction of sp³-hybridized carbons (Fsp3) is 0.448. The number of anilines is 1. The number of carbonyl (C=O) groups is 2. The van der Waals surface area contributed by atoms with E-state index in [9.17, 15) is 9.59 Å².